The Labute approximate surface area is 189 Å². The first-order chi connectivity index (χ1) is 14.4. The van der Waals surface area contributed by atoms with Crippen LogP contribution in [-0.2, 0) is 20.9 Å². The number of H-pyrrole nitrogens is 1. The number of thioether (sulfide) groups is 1. The quantitative estimate of drug-likeness (QED) is 0.514. The smallest absolute Gasteiger partial charge is 0.230 e. The van der Waals surface area contributed by atoms with Gasteiger partial charge in [0, 0.05) is 33.1 Å². The lowest BCUT2D eigenvalue weighted by Gasteiger charge is -2.33. The summed E-state index contributed by atoms with van der Waals surface area (Å²) < 4.78 is 5.79. The molecule has 1 unspecified atom stereocenters. The van der Waals surface area contributed by atoms with Crippen molar-refractivity contribution in [2.75, 3.05) is 37.3 Å². The minimum absolute atomic E-state index is 0.0627. The number of nitrogens with zero attached hydrogens (tertiary/aromatic N) is 1. The van der Waals surface area contributed by atoms with E-state index in [2.05, 4.69) is 20.5 Å². The lowest BCUT2D eigenvalue weighted by Crippen LogP contribution is -2.47. The molecule has 0 radical (unpaired) electrons. The monoisotopic (exact) mass is 470 g/mol. The summed E-state index contributed by atoms with van der Waals surface area (Å²) in [5, 5.41) is 7.51. The van der Waals surface area contributed by atoms with Crippen molar-refractivity contribution in [1.82, 2.24) is 15.2 Å². The van der Waals surface area contributed by atoms with E-state index in [0.29, 0.717) is 29.0 Å². The molecule has 2 heterocycles. The molecule has 7 nitrogen and oxygen atoms in total. The second-order valence-electron chi connectivity index (χ2n) is 6.99. The molecular formula is C20H24Cl2N4O3S. The van der Waals surface area contributed by atoms with Crippen molar-refractivity contribution in [1.29, 1.82) is 0 Å². The third-order valence-electron chi connectivity index (χ3n) is 4.47. The number of aromatic amines is 1. The molecule has 162 valence electrons. The highest BCUT2D eigenvalue weighted by Gasteiger charge is 2.21. The minimum atomic E-state index is -0.146. The first-order valence-electron chi connectivity index (χ1n) is 9.53. The molecule has 3 rings (SSSR count). The van der Waals surface area contributed by atoms with Gasteiger partial charge in [-0.05, 0) is 29.8 Å². The van der Waals surface area contributed by atoms with Crippen molar-refractivity contribution in [3.05, 3.63) is 45.9 Å². The molecule has 1 aliphatic rings. The number of amides is 2. The van der Waals surface area contributed by atoms with E-state index in [-0.39, 0.29) is 23.7 Å². The van der Waals surface area contributed by atoms with Gasteiger partial charge in [-0.15, -0.1) is 0 Å². The SMILES string of the molecule is CC(=O)Nc1ccc(SCC(=O)NCC2CN(Cc3ccc(Cl)c(Cl)c3)CCO2)[nH]1. The molecule has 1 aromatic heterocycles. The van der Waals surface area contributed by atoms with Crippen LogP contribution >= 0.6 is 35.0 Å². The Kier molecular flexibility index (Phi) is 8.47. The maximum Gasteiger partial charge on any atom is 0.230 e. The lowest BCUT2D eigenvalue weighted by molar-refractivity contribution is -0.119. The van der Waals surface area contributed by atoms with Gasteiger partial charge < -0.3 is 20.4 Å². The van der Waals surface area contributed by atoms with E-state index in [1.54, 1.807) is 12.1 Å². The van der Waals surface area contributed by atoms with E-state index in [9.17, 15) is 9.59 Å². The predicted octanol–water partition coefficient (Wildman–Crippen LogP) is 3.39. The molecule has 1 aromatic carbocycles. The highest BCUT2D eigenvalue weighted by molar-refractivity contribution is 7.99. The number of morpholine rings is 1. The third-order valence-corrected chi connectivity index (χ3v) is 6.16. The van der Waals surface area contributed by atoms with Crippen LogP contribution in [0, 0.1) is 0 Å². The molecule has 2 amide bonds. The van der Waals surface area contributed by atoms with E-state index >= 15 is 0 Å². The molecule has 0 spiro atoms. The summed E-state index contributed by atoms with van der Waals surface area (Å²) in [5.41, 5.74) is 1.09. The fraction of sp³-hybridized carbons (Fsp3) is 0.400. The van der Waals surface area contributed by atoms with Gasteiger partial charge in [0.25, 0.3) is 0 Å². The standard InChI is InChI=1S/C20H24Cl2N4O3S/c1-13(27)24-18-4-5-20(25-18)30-12-19(28)23-9-15-11-26(6-7-29-15)10-14-2-3-16(21)17(22)8-14/h2-5,8,15,25H,6-7,9-12H2,1H3,(H,23,28)(H,24,27). The number of anilines is 1. The predicted molar refractivity (Wildman–Crippen MR) is 120 cm³/mol. The molecule has 30 heavy (non-hydrogen) atoms. The number of rotatable bonds is 8. The average Bonchev–Trinajstić information content (AvgIpc) is 3.14. The summed E-state index contributed by atoms with van der Waals surface area (Å²) in [6.07, 6.45) is -0.0627. The number of carbonyl (C=O) groups excluding carboxylic acids is 2. The van der Waals surface area contributed by atoms with E-state index < -0.39 is 0 Å². The van der Waals surface area contributed by atoms with E-state index in [1.807, 2.05) is 18.2 Å². The molecule has 10 heteroatoms. The molecule has 1 saturated heterocycles. The number of benzene rings is 1. The Hall–Kier alpha value is -1.71. The normalized spacial score (nSPS) is 17.0. The Bertz CT molecular complexity index is 893. The second kappa shape index (κ2) is 11.1. The minimum Gasteiger partial charge on any atom is -0.374 e. The number of hydrogen-bond acceptors (Lipinski definition) is 5. The highest BCUT2D eigenvalue weighted by Crippen LogP contribution is 2.23. The van der Waals surface area contributed by atoms with Crippen molar-refractivity contribution >= 4 is 52.6 Å². The highest BCUT2D eigenvalue weighted by atomic mass is 35.5. The molecule has 3 N–H and O–H groups in total. The van der Waals surface area contributed by atoms with Crippen LogP contribution in [0.3, 0.4) is 0 Å². The van der Waals surface area contributed by atoms with E-state index in [4.69, 9.17) is 27.9 Å². The second-order valence-corrected chi connectivity index (χ2v) is 8.82. The summed E-state index contributed by atoms with van der Waals surface area (Å²) in [6, 6.07) is 9.24. The molecule has 2 aromatic rings. The molecule has 0 aliphatic carbocycles. The zero-order chi connectivity index (χ0) is 21.5. The van der Waals surface area contributed by atoms with Crippen LogP contribution in [0.5, 0.6) is 0 Å². The van der Waals surface area contributed by atoms with Crippen molar-refractivity contribution in [2.24, 2.45) is 0 Å². The number of aromatic nitrogens is 1. The van der Waals surface area contributed by atoms with Crippen LogP contribution in [0.15, 0.2) is 35.4 Å². The van der Waals surface area contributed by atoms with Crippen molar-refractivity contribution in [2.45, 2.75) is 24.6 Å². The van der Waals surface area contributed by atoms with Crippen LogP contribution in [0.1, 0.15) is 12.5 Å². The molecule has 0 bridgehead atoms. The Morgan fingerprint density at radius 1 is 1.27 bits per heavy atom. The van der Waals surface area contributed by atoms with Gasteiger partial charge in [0.2, 0.25) is 11.8 Å². The molecule has 1 aliphatic heterocycles. The fourth-order valence-electron chi connectivity index (χ4n) is 3.09. The van der Waals surface area contributed by atoms with Gasteiger partial charge in [0.1, 0.15) is 5.82 Å². The summed E-state index contributed by atoms with van der Waals surface area (Å²) in [4.78, 5) is 28.5. The molecule has 1 fully saturated rings. The number of carbonyl (C=O) groups is 2. The van der Waals surface area contributed by atoms with Gasteiger partial charge in [-0.3, -0.25) is 14.5 Å². The average molecular weight is 471 g/mol. The van der Waals surface area contributed by atoms with E-state index in [0.717, 1.165) is 30.2 Å². The van der Waals surface area contributed by atoms with Crippen molar-refractivity contribution in [3.8, 4) is 0 Å². The van der Waals surface area contributed by atoms with Gasteiger partial charge >= 0.3 is 0 Å². The number of nitrogens with one attached hydrogen (secondary N) is 3. The van der Waals surface area contributed by atoms with E-state index in [1.165, 1.54) is 18.7 Å². The molecule has 1 atom stereocenters. The van der Waals surface area contributed by atoms with Crippen LogP contribution in [0.2, 0.25) is 10.0 Å². The maximum atomic E-state index is 12.2. The number of ether oxygens (including phenoxy) is 1. The van der Waals surface area contributed by atoms with Gasteiger partial charge in [0.15, 0.2) is 0 Å². The zero-order valence-electron chi connectivity index (χ0n) is 16.5. The fourth-order valence-corrected chi connectivity index (χ4v) is 4.14. The summed E-state index contributed by atoms with van der Waals surface area (Å²) in [7, 11) is 0. The topological polar surface area (TPSA) is 86.5 Å². The Morgan fingerprint density at radius 3 is 2.87 bits per heavy atom. The Balaban J connectivity index is 1.39. The summed E-state index contributed by atoms with van der Waals surface area (Å²) in [6.45, 7) is 4.82. The zero-order valence-corrected chi connectivity index (χ0v) is 18.9. The van der Waals surface area contributed by atoms with Crippen LogP contribution < -0.4 is 10.6 Å². The first kappa shape index (κ1) is 23.0. The number of halogens is 2. The van der Waals surface area contributed by atoms with Crippen LogP contribution in [-0.4, -0.2) is 59.8 Å². The molecular weight excluding hydrogens is 447 g/mol. The first-order valence-corrected chi connectivity index (χ1v) is 11.3. The van der Waals surface area contributed by atoms with Crippen LogP contribution in [0.25, 0.3) is 0 Å². The van der Waals surface area contributed by atoms with Gasteiger partial charge in [-0.1, -0.05) is 41.0 Å². The largest absolute Gasteiger partial charge is 0.374 e. The lowest BCUT2D eigenvalue weighted by atomic mass is 10.2. The molecule has 0 saturated carbocycles. The summed E-state index contributed by atoms with van der Waals surface area (Å²) >= 11 is 13.4. The Morgan fingerprint density at radius 2 is 2.10 bits per heavy atom. The van der Waals surface area contributed by atoms with Crippen molar-refractivity contribution in [3.63, 3.8) is 0 Å². The van der Waals surface area contributed by atoms with Gasteiger partial charge in [-0.25, -0.2) is 0 Å². The van der Waals surface area contributed by atoms with Gasteiger partial charge in [-0.2, -0.15) is 0 Å². The van der Waals surface area contributed by atoms with Crippen LogP contribution in [0.4, 0.5) is 5.82 Å². The summed E-state index contributed by atoms with van der Waals surface area (Å²) in [5.74, 6) is 0.676. The van der Waals surface area contributed by atoms with Gasteiger partial charge in [0.05, 0.1) is 33.5 Å². The third kappa shape index (κ3) is 7.21. The van der Waals surface area contributed by atoms with Crippen molar-refractivity contribution < 1.29 is 14.3 Å². The number of hydrogen-bond donors (Lipinski definition) is 3. The maximum absolute atomic E-state index is 12.2.